The van der Waals surface area contributed by atoms with Gasteiger partial charge in [0.05, 0.1) is 10.0 Å². The van der Waals surface area contributed by atoms with E-state index in [0.717, 1.165) is 18.7 Å². The lowest BCUT2D eigenvalue weighted by atomic mass is 10.1. The molecule has 0 aliphatic carbocycles. The minimum absolute atomic E-state index is 0.601. The number of hydrogen-bond donors (Lipinski definition) is 1. The highest BCUT2D eigenvalue weighted by atomic mass is 35.5. The molecule has 0 bridgehead atoms. The van der Waals surface area contributed by atoms with Crippen molar-refractivity contribution in [2.75, 3.05) is 14.1 Å². The number of nitrogens with zero attached hydrogens (tertiary/aromatic N) is 1. The average Bonchev–Trinajstić information content (AvgIpc) is 2.45. The second kappa shape index (κ2) is 7.81. The van der Waals surface area contributed by atoms with Gasteiger partial charge in [0.2, 0.25) is 0 Å². The molecule has 2 rings (SSSR count). The first-order valence-corrected chi connectivity index (χ1v) is 7.68. The maximum atomic E-state index is 6.20. The van der Waals surface area contributed by atoms with Gasteiger partial charge in [-0.2, -0.15) is 0 Å². The predicted molar refractivity (Wildman–Crippen MR) is 90.8 cm³/mol. The second-order valence-electron chi connectivity index (χ2n) is 5.32. The zero-order chi connectivity index (χ0) is 15.2. The van der Waals surface area contributed by atoms with Crippen LogP contribution in [0.15, 0.2) is 42.5 Å². The second-order valence-corrected chi connectivity index (χ2v) is 6.11. The number of nitrogens with one attached hydrogen (secondary N) is 1. The van der Waals surface area contributed by atoms with Crippen molar-refractivity contribution in [1.29, 1.82) is 0 Å². The molecule has 0 saturated heterocycles. The van der Waals surface area contributed by atoms with Crippen LogP contribution in [0.1, 0.15) is 16.7 Å². The van der Waals surface area contributed by atoms with Gasteiger partial charge in [-0.15, -0.1) is 0 Å². The van der Waals surface area contributed by atoms with E-state index in [-0.39, 0.29) is 0 Å². The molecular weight excluding hydrogens is 303 g/mol. The van der Waals surface area contributed by atoms with Gasteiger partial charge in [-0.3, -0.25) is 0 Å². The summed E-state index contributed by atoms with van der Waals surface area (Å²) in [5.41, 5.74) is 3.67. The summed E-state index contributed by atoms with van der Waals surface area (Å²) in [5.74, 6) is 0. The van der Waals surface area contributed by atoms with Crippen LogP contribution in [0.2, 0.25) is 10.0 Å². The van der Waals surface area contributed by atoms with Crippen LogP contribution in [-0.4, -0.2) is 19.0 Å². The van der Waals surface area contributed by atoms with Crippen LogP contribution in [0.5, 0.6) is 0 Å². The van der Waals surface area contributed by atoms with Crippen LogP contribution < -0.4 is 5.32 Å². The van der Waals surface area contributed by atoms with E-state index in [1.165, 1.54) is 11.1 Å². The van der Waals surface area contributed by atoms with E-state index >= 15 is 0 Å². The molecule has 112 valence electrons. The van der Waals surface area contributed by atoms with E-state index in [0.29, 0.717) is 16.6 Å². The molecule has 0 amide bonds. The number of hydrogen-bond acceptors (Lipinski definition) is 2. The standard InChI is InChI=1S/C17H20Cl2N2/c1-21(2)12-15-7-4-3-6-13(15)10-20-11-14-8-5-9-16(18)17(14)19/h3-9,20H,10-12H2,1-2H3. The maximum absolute atomic E-state index is 6.20. The van der Waals surface area contributed by atoms with Gasteiger partial charge in [-0.1, -0.05) is 59.6 Å². The van der Waals surface area contributed by atoms with Crippen LogP contribution in [0.3, 0.4) is 0 Å². The van der Waals surface area contributed by atoms with E-state index < -0.39 is 0 Å². The third-order valence-electron chi connectivity index (χ3n) is 3.27. The van der Waals surface area contributed by atoms with Gasteiger partial charge in [0.15, 0.2) is 0 Å². The summed E-state index contributed by atoms with van der Waals surface area (Å²) in [5, 5.41) is 4.67. The van der Waals surface area contributed by atoms with Crippen molar-refractivity contribution in [2.24, 2.45) is 0 Å². The summed E-state index contributed by atoms with van der Waals surface area (Å²) >= 11 is 12.2. The van der Waals surface area contributed by atoms with Crippen molar-refractivity contribution >= 4 is 23.2 Å². The molecule has 0 atom stereocenters. The molecule has 0 aliphatic heterocycles. The molecule has 0 saturated carbocycles. The largest absolute Gasteiger partial charge is 0.309 e. The zero-order valence-electron chi connectivity index (χ0n) is 12.4. The minimum Gasteiger partial charge on any atom is -0.309 e. The Bertz CT molecular complexity index is 597. The van der Waals surface area contributed by atoms with Crippen LogP contribution in [0.4, 0.5) is 0 Å². The Kier molecular flexibility index (Phi) is 6.07. The molecule has 2 aromatic rings. The summed E-state index contributed by atoms with van der Waals surface area (Å²) in [4.78, 5) is 2.17. The fourth-order valence-corrected chi connectivity index (χ4v) is 2.63. The highest BCUT2D eigenvalue weighted by Crippen LogP contribution is 2.25. The Balaban J connectivity index is 1.99. The fourth-order valence-electron chi connectivity index (χ4n) is 2.24. The van der Waals surface area contributed by atoms with Gasteiger partial charge in [-0.25, -0.2) is 0 Å². The molecule has 0 fully saturated rings. The number of halogens is 2. The topological polar surface area (TPSA) is 15.3 Å². The van der Waals surface area contributed by atoms with E-state index in [1.54, 1.807) is 6.07 Å². The molecule has 0 aliphatic rings. The Morgan fingerprint density at radius 1 is 0.857 bits per heavy atom. The van der Waals surface area contributed by atoms with Crippen LogP contribution in [-0.2, 0) is 19.6 Å². The molecule has 2 nitrogen and oxygen atoms in total. The first kappa shape index (κ1) is 16.3. The lowest BCUT2D eigenvalue weighted by Crippen LogP contribution is -2.17. The number of rotatable bonds is 6. The van der Waals surface area contributed by atoms with Crippen LogP contribution in [0, 0.1) is 0 Å². The van der Waals surface area contributed by atoms with Gasteiger partial charge < -0.3 is 10.2 Å². The molecule has 1 N–H and O–H groups in total. The quantitative estimate of drug-likeness (QED) is 0.850. The summed E-state index contributed by atoms with van der Waals surface area (Å²) in [7, 11) is 4.16. The number of benzene rings is 2. The van der Waals surface area contributed by atoms with E-state index in [9.17, 15) is 0 Å². The Morgan fingerprint density at radius 3 is 2.19 bits per heavy atom. The van der Waals surface area contributed by atoms with Crippen molar-refractivity contribution < 1.29 is 0 Å². The highest BCUT2D eigenvalue weighted by Gasteiger charge is 2.05. The minimum atomic E-state index is 0.601. The van der Waals surface area contributed by atoms with Gasteiger partial charge in [0.25, 0.3) is 0 Å². The predicted octanol–water partition coefficient (Wildman–Crippen LogP) is 4.34. The first-order chi connectivity index (χ1) is 10.1. The van der Waals surface area contributed by atoms with Gasteiger partial charge in [0.1, 0.15) is 0 Å². The fraction of sp³-hybridized carbons (Fsp3) is 0.294. The maximum Gasteiger partial charge on any atom is 0.0637 e. The Morgan fingerprint density at radius 2 is 1.48 bits per heavy atom. The molecular formula is C17H20Cl2N2. The summed E-state index contributed by atoms with van der Waals surface area (Å²) in [6, 6.07) is 14.2. The summed E-state index contributed by atoms with van der Waals surface area (Å²) in [6.07, 6.45) is 0. The van der Waals surface area contributed by atoms with Crippen molar-refractivity contribution in [2.45, 2.75) is 19.6 Å². The molecule has 0 unspecified atom stereocenters. The summed E-state index contributed by atoms with van der Waals surface area (Å²) in [6.45, 7) is 2.46. The zero-order valence-corrected chi connectivity index (χ0v) is 13.9. The van der Waals surface area contributed by atoms with Crippen LogP contribution >= 0.6 is 23.2 Å². The highest BCUT2D eigenvalue weighted by molar-refractivity contribution is 6.42. The lowest BCUT2D eigenvalue weighted by Gasteiger charge is -2.15. The van der Waals surface area contributed by atoms with Crippen LogP contribution in [0.25, 0.3) is 0 Å². The van der Waals surface area contributed by atoms with E-state index in [4.69, 9.17) is 23.2 Å². The Labute approximate surface area is 136 Å². The van der Waals surface area contributed by atoms with Gasteiger partial charge in [0, 0.05) is 19.6 Å². The third-order valence-corrected chi connectivity index (χ3v) is 4.13. The molecule has 0 aromatic heterocycles. The SMILES string of the molecule is CN(C)Cc1ccccc1CNCc1cccc(Cl)c1Cl. The van der Waals surface area contributed by atoms with Gasteiger partial charge >= 0.3 is 0 Å². The van der Waals surface area contributed by atoms with Crippen molar-refractivity contribution in [3.63, 3.8) is 0 Å². The molecule has 21 heavy (non-hydrogen) atoms. The molecule has 0 spiro atoms. The van der Waals surface area contributed by atoms with Gasteiger partial charge in [-0.05, 0) is 36.9 Å². The monoisotopic (exact) mass is 322 g/mol. The first-order valence-electron chi connectivity index (χ1n) is 6.93. The van der Waals surface area contributed by atoms with E-state index in [2.05, 4.69) is 48.6 Å². The Hall–Kier alpha value is -1.06. The van der Waals surface area contributed by atoms with Crippen molar-refractivity contribution in [1.82, 2.24) is 10.2 Å². The average molecular weight is 323 g/mol. The molecule has 4 heteroatoms. The lowest BCUT2D eigenvalue weighted by molar-refractivity contribution is 0.400. The normalized spacial score (nSPS) is 11.1. The third kappa shape index (κ3) is 4.72. The molecule has 0 radical (unpaired) electrons. The van der Waals surface area contributed by atoms with E-state index in [1.807, 2.05) is 12.1 Å². The molecule has 2 aromatic carbocycles. The molecule has 0 heterocycles. The van der Waals surface area contributed by atoms with Crippen molar-refractivity contribution in [3.05, 3.63) is 69.2 Å². The summed E-state index contributed by atoms with van der Waals surface area (Å²) < 4.78 is 0. The smallest absolute Gasteiger partial charge is 0.0637 e. The van der Waals surface area contributed by atoms with Crippen molar-refractivity contribution in [3.8, 4) is 0 Å².